The average molecular weight is 453 g/mol. The summed E-state index contributed by atoms with van der Waals surface area (Å²) in [5.41, 5.74) is 9.58. The van der Waals surface area contributed by atoms with Gasteiger partial charge in [0.15, 0.2) is 0 Å². The number of rotatable bonds is 5. The Labute approximate surface area is 189 Å². The zero-order valence-electron chi connectivity index (χ0n) is 16.5. The van der Waals surface area contributed by atoms with Crippen LogP contribution in [0.15, 0.2) is 72.8 Å². The summed E-state index contributed by atoms with van der Waals surface area (Å²) >= 11 is 12.1. The molecule has 0 spiro atoms. The number of hydrogen-bond acceptors (Lipinski definition) is 4. The molecule has 0 aliphatic heterocycles. The van der Waals surface area contributed by atoms with Crippen LogP contribution in [-0.4, -0.2) is 22.8 Å². The number of halogens is 2. The van der Waals surface area contributed by atoms with Crippen molar-refractivity contribution in [3.63, 3.8) is 0 Å². The number of methoxy groups -OCH3 is 1. The molecule has 4 aromatic rings. The highest BCUT2D eigenvalue weighted by Gasteiger charge is 2.12. The van der Waals surface area contributed by atoms with Crippen molar-refractivity contribution in [2.45, 2.75) is 0 Å². The molecule has 0 fully saturated rings. The fourth-order valence-corrected chi connectivity index (χ4v) is 3.45. The van der Waals surface area contributed by atoms with Gasteiger partial charge in [-0.2, -0.15) is 5.10 Å². The molecule has 0 atom stereocenters. The molecule has 0 bridgehead atoms. The lowest BCUT2D eigenvalue weighted by Crippen LogP contribution is -2.12. The number of nitrogens with two attached hydrogens (primary N) is 1. The van der Waals surface area contributed by atoms with E-state index in [9.17, 15) is 4.79 Å². The minimum atomic E-state index is -0.261. The van der Waals surface area contributed by atoms with Crippen LogP contribution < -0.4 is 15.8 Å². The summed E-state index contributed by atoms with van der Waals surface area (Å²) in [6.07, 6.45) is 0. The van der Waals surface area contributed by atoms with Crippen LogP contribution in [0.3, 0.4) is 0 Å². The van der Waals surface area contributed by atoms with Crippen molar-refractivity contribution in [2.24, 2.45) is 0 Å². The van der Waals surface area contributed by atoms with Gasteiger partial charge in [-0.25, -0.2) is 4.68 Å². The van der Waals surface area contributed by atoms with Gasteiger partial charge in [-0.3, -0.25) is 4.79 Å². The van der Waals surface area contributed by atoms with Crippen LogP contribution in [0.1, 0.15) is 10.4 Å². The largest absolute Gasteiger partial charge is 0.495 e. The van der Waals surface area contributed by atoms with Gasteiger partial charge in [-0.1, -0.05) is 35.3 Å². The zero-order chi connectivity index (χ0) is 22.0. The van der Waals surface area contributed by atoms with Crippen molar-refractivity contribution >= 4 is 40.6 Å². The van der Waals surface area contributed by atoms with Gasteiger partial charge in [-0.15, -0.1) is 0 Å². The number of nitrogens with zero attached hydrogens (tertiary/aromatic N) is 2. The number of amides is 1. The molecule has 0 saturated carbocycles. The summed E-state index contributed by atoms with van der Waals surface area (Å²) in [5.74, 6) is 0.761. The van der Waals surface area contributed by atoms with E-state index in [1.54, 1.807) is 65.3 Å². The molecular formula is C23H18Cl2N4O2. The second-order valence-electron chi connectivity index (χ2n) is 6.72. The van der Waals surface area contributed by atoms with Crippen molar-refractivity contribution < 1.29 is 9.53 Å². The summed E-state index contributed by atoms with van der Waals surface area (Å²) < 4.78 is 6.74. The van der Waals surface area contributed by atoms with E-state index >= 15 is 0 Å². The van der Waals surface area contributed by atoms with Gasteiger partial charge in [0.2, 0.25) is 0 Å². The topological polar surface area (TPSA) is 82.2 Å². The first kappa shape index (κ1) is 20.8. The Hall–Kier alpha value is -3.48. The van der Waals surface area contributed by atoms with Crippen molar-refractivity contribution in [3.05, 3.63) is 88.4 Å². The molecule has 1 aromatic heterocycles. The van der Waals surface area contributed by atoms with Crippen LogP contribution in [0.5, 0.6) is 5.75 Å². The fourth-order valence-electron chi connectivity index (χ4n) is 3.07. The van der Waals surface area contributed by atoms with E-state index in [2.05, 4.69) is 10.4 Å². The van der Waals surface area contributed by atoms with Crippen LogP contribution in [-0.2, 0) is 0 Å². The predicted molar refractivity (Wildman–Crippen MR) is 124 cm³/mol. The van der Waals surface area contributed by atoms with E-state index in [-0.39, 0.29) is 5.91 Å². The number of hydrogen-bond donors (Lipinski definition) is 2. The molecule has 6 nitrogen and oxygen atoms in total. The lowest BCUT2D eigenvalue weighted by molar-refractivity contribution is 0.102. The number of nitrogen functional groups attached to an aromatic ring is 1. The summed E-state index contributed by atoms with van der Waals surface area (Å²) in [5, 5.41) is 8.46. The number of carbonyl (C=O) groups is 1. The lowest BCUT2D eigenvalue weighted by atomic mass is 10.1. The Morgan fingerprint density at radius 1 is 1.00 bits per heavy atom. The molecule has 8 heteroatoms. The number of carbonyl (C=O) groups excluding carboxylic acids is 1. The Morgan fingerprint density at radius 2 is 1.71 bits per heavy atom. The molecule has 0 aliphatic carbocycles. The third kappa shape index (κ3) is 4.50. The molecule has 0 saturated heterocycles. The molecule has 3 aromatic carbocycles. The van der Waals surface area contributed by atoms with Crippen LogP contribution in [0, 0.1) is 0 Å². The number of anilines is 2. The highest BCUT2D eigenvalue weighted by atomic mass is 35.5. The third-order valence-electron chi connectivity index (χ3n) is 4.66. The summed E-state index contributed by atoms with van der Waals surface area (Å²) in [4.78, 5) is 12.6. The van der Waals surface area contributed by atoms with E-state index in [1.807, 2.05) is 12.1 Å². The molecule has 31 heavy (non-hydrogen) atoms. The maximum Gasteiger partial charge on any atom is 0.255 e. The Balaban J connectivity index is 1.52. The predicted octanol–water partition coefficient (Wildman–Crippen LogP) is 5.69. The molecular weight excluding hydrogens is 435 g/mol. The van der Waals surface area contributed by atoms with Gasteiger partial charge >= 0.3 is 0 Å². The third-order valence-corrected chi connectivity index (χ3v) is 5.21. The molecule has 4 rings (SSSR count). The van der Waals surface area contributed by atoms with Gasteiger partial charge in [0.1, 0.15) is 11.6 Å². The molecule has 0 radical (unpaired) electrons. The standard InChI is InChI=1S/C23H18Cl2N4O2/c1-31-21-11-8-17(12-19(21)25)27-23(30)15-4-9-18(10-5-15)29-22(26)13-20(28-29)14-2-6-16(24)7-3-14/h2-13H,26H2,1H3,(H,27,30). The lowest BCUT2D eigenvalue weighted by Gasteiger charge is -2.09. The Bertz CT molecular complexity index is 1240. The van der Waals surface area contributed by atoms with E-state index < -0.39 is 0 Å². The van der Waals surface area contributed by atoms with Crippen molar-refractivity contribution in [1.82, 2.24) is 9.78 Å². The molecule has 0 unspecified atom stereocenters. The second kappa shape index (κ2) is 8.71. The Kier molecular flexibility index (Phi) is 5.84. The first-order chi connectivity index (χ1) is 14.9. The van der Waals surface area contributed by atoms with Crippen molar-refractivity contribution in [1.29, 1.82) is 0 Å². The van der Waals surface area contributed by atoms with Crippen molar-refractivity contribution in [3.8, 4) is 22.7 Å². The van der Waals surface area contributed by atoms with Crippen LogP contribution in [0.2, 0.25) is 10.0 Å². The van der Waals surface area contributed by atoms with Crippen molar-refractivity contribution in [2.75, 3.05) is 18.2 Å². The normalized spacial score (nSPS) is 10.7. The zero-order valence-corrected chi connectivity index (χ0v) is 18.0. The molecule has 156 valence electrons. The van der Waals surface area contributed by atoms with E-state index in [0.29, 0.717) is 32.9 Å². The molecule has 1 amide bonds. The highest BCUT2D eigenvalue weighted by Crippen LogP contribution is 2.28. The average Bonchev–Trinajstić information content (AvgIpc) is 3.16. The van der Waals surface area contributed by atoms with Gasteiger partial charge in [-0.05, 0) is 54.6 Å². The number of benzene rings is 3. The number of ether oxygens (including phenoxy) is 1. The molecule has 0 aliphatic rings. The first-order valence-corrected chi connectivity index (χ1v) is 10.1. The van der Waals surface area contributed by atoms with Gasteiger partial charge < -0.3 is 15.8 Å². The minimum Gasteiger partial charge on any atom is -0.495 e. The number of nitrogens with one attached hydrogen (secondary N) is 1. The maximum atomic E-state index is 12.6. The SMILES string of the molecule is COc1ccc(NC(=O)c2ccc(-n3nc(-c4ccc(Cl)cc4)cc3N)cc2)cc1Cl. The maximum absolute atomic E-state index is 12.6. The monoisotopic (exact) mass is 452 g/mol. The van der Waals surface area contributed by atoms with Gasteiger partial charge in [0.25, 0.3) is 5.91 Å². The summed E-state index contributed by atoms with van der Waals surface area (Å²) in [6, 6.07) is 21.2. The summed E-state index contributed by atoms with van der Waals surface area (Å²) in [7, 11) is 1.53. The summed E-state index contributed by atoms with van der Waals surface area (Å²) in [6.45, 7) is 0. The number of aromatic nitrogens is 2. The first-order valence-electron chi connectivity index (χ1n) is 9.31. The highest BCUT2D eigenvalue weighted by molar-refractivity contribution is 6.32. The van der Waals surface area contributed by atoms with Crippen LogP contribution in [0.4, 0.5) is 11.5 Å². The fraction of sp³-hybridized carbons (Fsp3) is 0.0435. The second-order valence-corrected chi connectivity index (χ2v) is 7.57. The van der Waals surface area contributed by atoms with Gasteiger partial charge in [0, 0.05) is 27.9 Å². The van der Waals surface area contributed by atoms with E-state index in [4.69, 9.17) is 33.7 Å². The van der Waals surface area contributed by atoms with Gasteiger partial charge in [0.05, 0.1) is 23.5 Å². The quantitative estimate of drug-likeness (QED) is 0.407. The van der Waals surface area contributed by atoms with Crippen LogP contribution in [0.25, 0.3) is 16.9 Å². The Morgan fingerprint density at radius 3 is 2.35 bits per heavy atom. The van der Waals surface area contributed by atoms with E-state index in [0.717, 1.165) is 16.9 Å². The minimum absolute atomic E-state index is 0.261. The molecule has 1 heterocycles. The van der Waals surface area contributed by atoms with Crippen LogP contribution >= 0.6 is 23.2 Å². The smallest absolute Gasteiger partial charge is 0.255 e. The molecule has 3 N–H and O–H groups in total. The van der Waals surface area contributed by atoms with E-state index in [1.165, 1.54) is 7.11 Å².